The molecule has 0 fully saturated rings. The predicted molar refractivity (Wildman–Crippen MR) is 72.3 cm³/mol. The maximum atomic E-state index is 11.8. The van der Waals surface area contributed by atoms with Gasteiger partial charge in [-0.25, -0.2) is 4.79 Å². The van der Waals surface area contributed by atoms with Crippen molar-refractivity contribution in [3.63, 3.8) is 0 Å². The van der Waals surface area contributed by atoms with Gasteiger partial charge in [-0.3, -0.25) is 0 Å². The van der Waals surface area contributed by atoms with Crippen molar-refractivity contribution in [3.8, 4) is 11.5 Å². The van der Waals surface area contributed by atoms with Gasteiger partial charge in [0.15, 0.2) is 11.5 Å². The van der Waals surface area contributed by atoms with Gasteiger partial charge in [-0.2, -0.15) is 0 Å². The van der Waals surface area contributed by atoms with E-state index < -0.39 is 0 Å². The van der Waals surface area contributed by atoms with Gasteiger partial charge in [0.05, 0.1) is 18.8 Å². The highest BCUT2D eigenvalue weighted by Gasteiger charge is 2.20. The van der Waals surface area contributed by atoms with Gasteiger partial charge >= 0.3 is 5.97 Å². The molecule has 0 amide bonds. The first-order chi connectivity index (χ1) is 9.26. The molecule has 0 atom stereocenters. The molecule has 1 aliphatic rings. The molecule has 0 unspecified atom stereocenters. The van der Waals surface area contributed by atoms with Gasteiger partial charge in [0.25, 0.3) is 0 Å². The minimum atomic E-state index is -0.311. The Morgan fingerprint density at radius 2 is 2.21 bits per heavy atom. The summed E-state index contributed by atoms with van der Waals surface area (Å²) in [5.74, 6) is 1.09. The standard InChI is InChI=1S/C15H18O4/c1-3-8-18-15(16)12-9-11-6-5-7-13(17-4-2)14(11)19-10-12/h5-7,9H,3-4,8,10H2,1-2H3. The van der Waals surface area contributed by atoms with Crippen LogP contribution in [0.5, 0.6) is 11.5 Å². The van der Waals surface area contributed by atoms with Gasteiger partial charge < -0.3 is 14.2 Å². The summed E-state index contributed by atoms with van der Waals surface area (Å²) in [7, 11) is 0. The highest BCUT2D eigenvalue weighted by atomic mass is 16.5. The van der Waals surface area contributed by atoms with E-state index in [2.05, 4.69) is 0 Å². The zero-order chi connectivity index (χ0) is 13.7. The summed E-state index contributed by atoms with van der Waals surface area (Å²) in [6.45, 7) is 5.12. The van der Waals surface area contributed by atoms with Crippen molar-refractivity contribution in [3.05, 3.63) is 29.3 Å². The Balaban J connectivity index is 2.21. The molecule has 0 radical (unpaired) electrons. The Kier molecular flexibility index (Phi) is 4.44. The number of rotatable bonds is 5. The molecule has 0 saturated carbocycles. The van der Waals surface area contributed by atoms with Crippen molar-refractivity contribution < 1.29 is 19.0 Å². The van der Waals surface area contributed by atoms with Crippen LogP contribution in [0.1, 0.15) is 25.8 Å². The number of carbonyl (C=O) groups is 1. The van der Waals surface area contributed by atoms with E-state index in [1.165, 1.54) is 0 Å². The summed E-state index contributed by atoms with van der Waals surface area (Å²) >= 11 is 0. The molecule has 2 rings (SSSR count). The zero-order valence-electron chi connectivity index (χ0n) is 11.3. The van der Waals surface area contributed by atoms with Crippen LogP contribution in [0.4, 0.5) is 0 Å². The lowest BCUT2D eigenvalue weighted by atomic mass is 10.1. The lowest BCUT2D eigenvalue weighted by Crippen LogP contribution is -2.18. The fourth-order valence-electron chi connectivity index (χ4n) is 1.85. The fourth-order valence-corrected chi connectivity index (χ4v) is 1.85. The van der Waals surface area contributed by atoms with E-state index in [1.54, 1.807) is 6.08 Å². The normalized spacial score (nSPS) is 13.1. The second-order valence-corrected chi connectivity index (χ2v) is 4.20. The number of para-hydroxylation sites is 1. The Morgan fingerprint density at radius 1 is 1.37 bits per heavy atom. The molecular weight excluding hydrogens is 244 g/mol. The smallest absolute Gasteiger partial charge is 0.337 e. The number of esters is 1. The number of fused-ring (bicyclic) bond motifs is 1. The molecule has 1 aromatic rings. The van der Waals surface area contributed by atoms with Crippen molar-refractivity contribution in [2.45, 2.75) is 20.3 Å². The second kappa shape index (κ2) is 6.27. The largest absolute Gasteiger partial charge is 0.490 e. The SMILES string of the molecule is CCCOC(=O)C1=Cc2cccc(OCC)c2OC1. The van der Waals surface area contributed by atoms with Crippen LogP contribution in [0.2, 0.25) is 0 Å². The maximum Gasteiger partial charge on any atom is 0.337 e. The van der Waals surface area contributed by atoms with Gasteiger partial charge in [0.1, 0.15) is 6.61 Å². The summed E-state index contributed by atoms with van der Waals surface area (Å²) in [6, 6.07) is 5.63. The van der Waals surface area contributed by atoms with Crippen LogP contribution in [0, 0.1) is 0 Å². The first-order valence-electron chi connectivity index (χ1n) is 6.52. The number of ether oxygens (including phenoxy) is 3. The second-order valence-electron chi connectivity index (χ2n) is 4.20. The molecule has 0 bridgehead atoms. The van der Waals surface area contributed by atoms with Gasteiger partial charge in [-0.05, 0) is 25.5 Å². The minimum Gasteiger partial charge on any atom is -0.490 e. The topological polar surface area (TPSA) is 44.8 Å². The third kappa shape index (κ3) is 3.08. The van der Waals surface area contributed by atoms with E-state index in [1.807, 2.05) is 32.0 Å². The molecule has 1 heterocycles. The van der Waals surface area contributed by atoms with Gasteiger partial charge in [-0.1, -0.05) is 19.1 Å². The number of carbonyl (C=O) groups excluding carboxylic acids is 1. The van der Waals surface area contributed by atoms with Crippen molar-refractivity contribution >= 4 is 12.0 Å². The average molecular weight is 262 g/mol. The third-order valence-electron chi connectivity index (χ3n) is 2.71. The lowest BCUT2D eigenvalue weighted by molar-refractivity contribution is -0.139. The Hall–Kier alpha value is -1.97. The van der Waals surface area contributed by atoms with E-state index in [0.29, 0.717) is 30.3 Å². The number of hydrogen-bond donors (Lipinski definition) is 0. The average Bonchev–Trinajstić information content (AvgIpc) is 2.45. The molecule has 0 N–H and O–H groups in total. The van der Waals surface area contributed by atoms with Crippen molar-refractivity contribution in [1.29, 1.82) is 0 Å². The Labute approximate surface area is 113 Å². The molecule has 1 aromatic carbocycles. The molecular formula is C15H18O4. The Morgan fingerprint density at radius 3 is 2.95 bits per heavy atom. The van der Waals surface area contributed by atoms with Crippen molar-refractivity contribution in [1.82, 2.24) is 0 Å². The summed E-state index contributed by atoms with van der Waals surface area (Å²) in [6.07, 6.45) is 2.62. The van der Waals surface area contributed by atoms with Crippen LogP contribution in [-0.2, 0) is 9.53 Å². The van der Waals surface area contributed by atoms with Crippen molar-refractivity contribution in [2.75, 3.05) is 19.8 Å². The van der Waals surface area contributed by atoms with Crippen LogP contribution in [0.25, 0.3) is 6.08 Å². The highest BCUT2D eigenvalue weighted by molar-refractivity contribution is 5.95. The monoisotopic (exact) mass is 262 g/mol. The van der Waals surface area contributed by atoms with Gasteiger partial charge in [0.2, 0.25) is 0 Å². The summed E-state index contributed by atoms with van der Waals surface area (Å²) < 4.78 is 16.2. The molecule has 4 nitrogen and oxygen atoms in total. The molecule has 4 heteroatoms. The molecule has 1 aliphatic heterocycles. The van der Waals surface area contributed by atoms with Crippen molar-refractivity contribution in [2.24, 2.45) is 0 Å². The molecule has 102 valence electrons. The van der Waals surface area contributed by atoms with Crippen LogP contribution in [0.15, 0.2) is 23.8 Å². The fraction of sp³-hybridized carbons (Fsp3) is 0.400. The lowest BCUT2D eigenvalue weighted by Gasteiger charge is -2.19. The zero-order valence-corrected chi connectivity index (χ0v) is 11.3. The highest BCUT2D eigenvalue weighted by Crippen LogP contribution is 2.35. The molecule has 0 saturated heterocycles. The Bertz CT molecular complexity index is 491. The van der Waals surface area contributed by atoms with E-state index >= 15 is 0 Å². The molecule has 0 aliphatic carbocycles. The predicted octanol–water partition coefficient (Wildman–Crippen LogP) is 2.81. The van der Waals surface area contributed by atoms with Crippen LogP contribution < -0.4 is 9.47 Å². The van der Waals surface area contributed by atoms with E-state index in [9.17, 15) is 4.79 Å². The van der Waals surface area contributed by atoms with Gasteiger partial charge in [0, 0.05) is 5.56 Å². The first-order valence-corrected chi connectivity index (χ1v) is 6.52. The van der Waals surface area contributed by atoms with Gasteiger partial charge in [-0.15, -0.1) is 0 Å². The van der Waals surface area contributed by atoms with Crippen LogP contribution >= 0.6 is 0 Å². The molecule has 19 heavy (non-hydrogen) atoms. The quantitative estimate of drug-likeness (QED) is 0.765. The summed E-state index contributed by atoms with van der Waals surface area (Å²) in [5, 5.41) is 0. The van der Waals surface area contributed by atoms with E-state index in [0.717, 1.165) is 12.0 Å². The van der Waals surface area contributed by atoms with Crippen LogP contribution in [0.3, 0.4) is 0 Å². The minimum absolute atomic E-state index is 0.222. The van der Waals surface area contributed by atoms with Crippen LogP contribution in [-0.4, -0.2) is 25.8 Å². The third-order valence-corrected chi connectivity index (χ3v) is 2.71. The maximum absolute atomic E-state index is 11.8. The summed E-state index contributed by atoms with van der Waals surface area (Å²) in [4.78, 5) is 11.8. The molecule has 0 spiro atoms. The van der Waals surface area contributed by atoms with E-state index in [-0.39, 0.29) is 12.6 Å². The first kappa shape index (κ1) is 13.5. The summed E-state index contributed by atoms with van der Waals surface area (Å²) in [5.41, 5.74) is 1.38. The number of hydrogen-bond acceptors (Lipinski definition) is 4. The number of benzene rings is 1. The van der Waals surface area contributed by atoms with E-state index in [4.69, 9.17) is 14.2 Å². The molecule has 0 aromatic heterocycles.